The van der Waals surface area contributed by atoms with E-state index in [9.17, 15) is 0 Å². The summed E-state index contributed by atoms with van der Waals surface area (Å²) in [7, 11) is 0. The molecule has 0 spiro atoms. The zero-order chi connectivity index (χ0) is 35.6. The Balaban J connectivity index is 1.34. The van der Waals surface area contributed by atoms with Crippen molar-refractivity contribution in [2.24, 2.45) is 0 Å². The van der Waals surface area contributed by atoms with Crippen LogP contribution in [0, 0.1) is 0 Å². The highest BCUT2D eigenvalue weighted by atomic mass is 14.2. The summed E-state index contributed by atoms with van der Waals surface area (Å²) in [5, 5.41) is 15.2. The number of fused-ring (bicyclic) bond motifs is 7. The average molecular weight is 685 g/mol. The van der Waals surface area contributed by atoms with Gasteiger partial charge in [0.05, 0.1) is 0 Å². The van der Waals surface area contributed by atoms with Gasteiger partial charge in [0.15, 0.2) is 0 Å². The van der Waals surface area contributed by atoms with Gasteiger partial charge in [0, 0.05) is 0 Å². The molecule has 0 aliphatic heterocycles. The summed E-state index contributed by atoms with van der Waals surface area (Å²) < 4.78 is 0. The van der Waals surface area contributed by atoms with Crippen molar-refractivity contribution < 1.29 is 0 Å². The molecule has 0 bridgehead atoms. The van der Waals surface area contributed by atoms with Gasteiger partial charge in [-0.05, 0) is 158 Å². The molecule has 1 aliphatic carbocycles. The molecule has 252 valence electrons. The number of benzene rings is 10. The van der Waals surface area contributed by atoms with E-state index in [1.807, 2.05) is 0 Å². The molecular weight excluding hydrogens is 649 g/mol. The predicted molar refractivity (Wildman–Crippen MR) is 234 cm³/mol. The molecule has 0 nitrogen and oxygen atoms in total. The van der Waals surface area contributed by atoms with Crippen LogP contribution in [0.25, 0.3) is 104 Å². The van der Waals surface area contributed by atoms with Crippen LogP contribution in [0.2, 0.25) is 0 Å². The first-order valence-electron chi connectivity index (χ1n) is 19.1. The van der Waals surface area contributed by atoms with Gasteiger partial charge in [-0.2, -0.15) is 0 Å². The first-order chi connectivity index (χ1) is 26.8. The normalized spacial score (nSPS) is 13.1. The second-order valence-electron chi connectivity index (χ2n) is 14.7. The van der Waals surface area contributed by atoms with Gasteiger partial charge in [-0.15, -0.1) is 0 Å². The van der Waals surface area contributed by atoms with E-state index in [2.05, 4.69) is 194 Å². The molecule has 0 heteroatoms. The Morgan fingerprint density at radius 3 is 1.69 bits per heavy atom. The van der Waals surface area contributed by atoms with Crippen LogP contribution in [0.3, 0.4) is 0 Å². The fourth-order valence-corrected chi connectivity index (χ4v) is 8.99. The molecule has 0 amide bonds. The predicted octanol–water partition coefficient (Wildman–Crippen LogP) is 15.3. The molecule has 54 heavy (non-hydrogen) atoms. The molecule has 0 unspecified atom stereocenters. The van der Waals surface area contributed by atoms with E-state index >= 15 is 0 Å². The highest BCUT2D eigenvalue weighted by Gasteiger charge is 2.21. The fourth-order valence-electron chi connectivity index (χ4n) is 8.99. The van der Waals surface area contributed by atoms with Crippen molar-refractivity contribution in [3.63, 3.8) is 0 Å². The summed E-state index contributed by atoms with van der Waals surface area (Å²) in [6, 6.07) is 65.9. The molecule has 0 atom stereocenters. The van der Waals surface area contributed by atoms with Gasteiger partial charge in [-0.1, -0.05) is 158 Å². The van der Waals surface area contributed by atoms with Crippen molar-refractivity contribution >= 4 is 70.2 Å². The number of hydrogen-bond donors (Lipinski definition) is 0. The van der Waals surface area contributed by atoms with Crippen molar-refractivity contribution in [3.8, 4) is 33.4 Å². The Labute approximate surface area is 314 Å². The van der Waals surface area contributed by atoms with E-state index in [1.54, 1.807) is 0 Å². The Morgan fingerprint density at radius 1 is 0.296 bits per heavy atom. The fraction of sp³-hybridized carbons (Fsp3) is 0.0370. The second kappa shape index (κ2) is 12.4. The van der Waals surface area contributed by atoms with Crippen LogP contribution in [-0.2, 0) is 0 Å². The molecule has 0 radical (unpaired) electrons. The van der Waals surface area contributed by atoms with Crippen LogP contribution in [0.1, 0.15) is 18.4 Å². The minimum atomic E-state index is 1.07. The van der Waals surface area contributed by atoms with Crippen molar-refractivity contribution in [2.75, 3.05) is 0 Å². The smallest absolute Gasteiger partial charge is 0.00197 e. The maximum absolute atomic E-state index is 2.47. The molecule has 1 aliphatic rings. The number of rotatable bonds is 4. The number of allylic oxidation sites excluding steroid dienone is 4. The maximum atomic E-state index is 2.47. The minimum absolute atomic E-state index is 1.07. The molecule has 10 aromatic rings. The highest BCUT2D eigenvalue weighted by molar-refractivity contribution is 6.27. The zero-order valence-corrected chi connectivity index (χ0v) is 29.9. The van der Waals surface area contributed by atoms with Gasteiger partial charge in [0.2, 0.25) is 0 Å². The lowest BCUT2D eigenvalue weighted by atomic mass is 9.81. The lowest BCUT2D eigenvalue weighted by molar-refractivity contribution is 1.04. The van der Waals surface area contributed by atoms with Crippen LogP contribution < -0.4 is 0 Å². The molecule has 0 fully saturated rings. The Hall–Kier alpha value is -6.76. The lowest BCUT2D eigenvalue weighted by Gasteiger charge is -2.22. The quantitative estimate of drug-likeness (QED) is 0.128. The van der Waals surface area contributed by atoms with Crippen LogP contribution in [0.5, 0.6) is 0 Å². The Kier molecular flexibility index (Phi) is 7.10. The van der Waals surface area contributed by atoms with E-state index in [4.69, 9.17) is 0 Å². The number of hydrogen-bond acceptors (Lipinski definition) is 0. The second-order valence-corrected chi connectivity index (χ2v) is 14.7. The molecule has 0 N–H and O–H groups in total. The Bertz CT molecular complexity index is 3190. The van der Waals surface area contributed by atoms with Crippen molar-refractivity contribution in [2.45, 2.75) is 12.8 Å². The van der Waals surface area contributed by atoms with Gasteiger partial charge < -0.3 is 0 Å². The topological polar surface area (TPSA) is 0 Å². The van der Waals surface area contributed by atoms with Crippen LogP contribution in [0.4, 0.5) is 0 Å². The first kappa shape index (κ1) is 30.8. The summed E-state index contributed by atoms with van der Waals surface area (Å²) >= 11 is 0. The van der Waals surface area contributed by atoms with E-state index in [1.165, 1.54) is 109 Å². The van der Waals surface area contributed by atoms with E-state index in [0.29, 0.717) is 0 Å². The third kappa shape index (κ3) is 4.99. The summed E-state index contributed by atoms with van der Waals surface area (Å²) in [5.41, 5.74) is 10.1. The summed E-state index contributed by atoms with van der Waals surface area (Å²) in [5.74, 6) is 0. The summed E-state index contributed by atoms with van der Waals surface area (Å²) in [6.45, 7) is 0. The average Bonchev–Trinajstić information content (AvgIpc) is 3.25. The van der Waals surface area contributed by atoms with Gasteiger partial charge in [-0.3, -0.25) is 0 Å². The third-order valence-electron chi connectivity index (χ3n) is 11.6. The molecule has 11 rings (SSSR count). The van der Waals surface area contributed by atoms with Gasteiger partial charge in [0.1, 0.15) is 0 Å². The molecule has 0 aromatic heterocycles. The third-order valence-corrected chi connectivity index (χ3v) is 11.6. The lowest BCUT2D eigenvalue weighted by Crippen LogP contribution is -1.95. The standard InChI is InChI=1S/C54H36/c1-3-13-35(14-4-1)41-26-28-47-50(32-41)53(44-24-23-37-17-7-8-18-38(37)29-44)46-27-25-42(36-15-5-2-6-16-36)33-51(46)54(47)52-34-43-21-11-12-22-45(43)48-30-39-19-9-10-20-40(39)31-49(48)52/h2-3,5-34H,1,4H2. The monoisotopic (exact) mass is 684 g/mol. The van der Waals surface area contributed by atoms with E-state index in [0.717, 1.165) is 12.8 Å². The molecular formula is C54H36. The SMILES string of the molecule is C1=CC(c2ccc3c(-c4cc5ccccc5c5cc6ccccc6cc45)c4cc(-c5ccccc5)ccc4c(-c4ccc5ccccc5c4)c3c2)=CCC1. The van der Waals surface area contributed by atoms with Crippen LogP contribution in [0.15, 0.2) is 194 Å². The summed E-state index contributed by atoms with van der Waals surface area (Å²) in [4.78, 5) is 0. The molecule has 0 saturated carbocycles. The minimum Gasteiger partial charge on any atom is -0.0836 e. The van der Waals surface area contributed by atoms with Gasteiger partial charge in [-0.25, -0.2) is 0 Å². The van der Waals surface area contributed by atoms with Crippen molar-refractivity contribution in [1.29, 1.82) is 0 Å². The Morgan fingerprint density at radius 2 is 0.907 bits per heavy atom. The van der Waals surface area contributed by atoms with Gasteiger partial charge >= 0.3 is 0 Å². The highest BCUT2D eigenvalue weighted by Crippen LogP contribution is 2.49. The van der Waals surface area contributed by atoms with E-state index < -0.39 is 0 Å². The van der Waals surface area contributed by atoms with Crippen molar-refractivity contribution in [3.05, 3.63) is 200 Å². The molecule has 0 heterocycles. The molecule has 10 aromatic carbocycles. The van der Waals surface area contributed by atoms with E-state index in [-0.39, 0.29) is 0 Å². The van der Waals surface area contributed by atoms with Crippen LogP contribution >= 0.6 is 0 Å². The summed E-state index contributed by atoms with van der Waals surface area (Å²) in [6.07, 6.45) is 9.18. The zero-order valence-electron chi connectivity index (χ0n) is 29.9. The van der Waals surface area contributed by atoms with Crippen LogP contribution in [-0.4, -0.2) is 0 Å². The molecule has 0 saturated heterocycles. The van der Waals surface area contributed by atoms with Gasteiger partial charge in [0.25, 0.3) is 0 Å². The van der Waals surface area contributed by atoms with Crippen molar-refractivity contribution in [1.82, 2.24) is 0 Å². The first-order valence-corrected chi connectivity index (χ1v) is 19.1. The maximum Gasteiger partial charge on any atom is -0.00197 e. The largest absolute Gasteiger partial charge is 0.0836 e.